The van der Waals surface area contributed by atoms with E-state index in [-0.39, 0.29) is 6.03 Å². The molecule has 64 valence electrons. The molecule has 0 radical (unpaired) electrons. The lowest BCUT2D eigenvalue weighted by Gasteiger charge is -2.19. The summed E-state index contributed by atoms with van der Waals surface area (Å²) >= 11 is 0. The van der Waals surface area contributed by atoms with Crippen LogP contribution in [0.4, 0.5) is 4.79 Å². The molecule has 1 heterocycles. The van der Waals surface area contributed by atoms with Gasteiger partial charge in [-0.05, 0) is 19.9 Å². The zero-order valence-corrected chi connectivity index (χ0v) is 6.84. The zero-order valence-electron chi connectivity index (χ0n) is 6.84. The minimum atomic E-state index is -0.305. The van der Waals surface area contributed by atoms with Gasteiger partial charge < -0.3 is 16.0 Å². The normalized spacial score (nSPS) is 26.3. The molecule has 1 atom stereocenters. The molecular weight excluding hydrogens is 142 g/mol. The summed E-state index contributed by atoms with van der Waals surface area (Å²) in [4.78, 5) is 12.5. The van der Waals surface area contributed by atoms with Crippen molar-refractivity contribution in [2.75, 3.05) is 19.6 Å². The third kappa shape index (κ3) is 2.38. The van der Waals surface area contributed by atoms with Gasteiger partial charge in [0.2, 0.25) is 0 Å². The number of hydrogen-bond donors (Lipinski definition) is 2. The highest BCUT2D eigenvalue weighted by molar-refractivity contribution is 5.72. The highest BCUT2D eigenvalue weighted by Crippen LogP contribution is 1.98. The molecule has 0 bridgehead atoms. The highest BCUT2D eigenvalue weighted by atomic mass is 16.2. The number of hydrogen-bond acceptors (Lipinski definition) is 2. The van der Waals surface area contributed by atoms with Gasteiger partial charge in [-0.15, -0.1) is 0 Å². The van der Waals surface area contributed by atoms with Crippen molar-refractivity contribution in [1.82, 2.24) is 10.2 Å². The van der Waals surface area contributed by atoms with Crippen LogP contribution in [0.5, 0.6) is 0 Å². The maximum absolute atomic E-state index is 10.8. The van der Waals surface area contributed by atoms with Crippen LogP contribution in [0.15, 0.2) is 0 Å². The van der Waals surface area contributed by atoms with Gasteiger partial charge in [0.15, 0.2) is 0 Å². The molecule has 0 spiro atoms. The Morgan fingerprint density at radius 1 is 1.73 bits per heavy atom. The summed E-state index contributed by atoms with van der Waals surface area (Å²) in [6.07, 6.45) is 0.993. The van der Waals surface area contributed by atoms with Crippen molar-refractivity contribution in [1.29, 1.82) is 0 Å². The van der Waals surface area contributed by atoms with Gasteiger partial charge in [0, 0.05) is 19.1 Å². The molecule has 0 aliphatic carbocycles. The van der Waals surface area contributed by atoms with Gasteiger partial charge in [0.05, 0.1) is 0 Å². The minimum Gasteiger partial charge on any atom is -0.351 e. The van der Waals surface area contributed by atoms with E-state index in [1.807, 2.05) is 0 Å². The molecule has 0 aromatic heterocycles. The molecule has 3 N–H and O–H groups in total. The summed E-state index contributed by atoms with van der Waals surface area (Å²) in [7, 11) is 0. The fourth-order valence-electron chi connectivity index (χ4n) is 1.30. The van der Waals surface area contributed by atoms with E-state index < -0.39 is 0 Å². The number of nitrogens with zero attached hydrogens (tertiary/aromatic N) is 1. The molecule has 2 amide bonds. The van der Waals surface area contributed by atoms with E-state index in [0.29, 0.717) is 6.04 Å². The maximum atomic E-state index is 10.8. The molecule has 0 aromatic carbocycles. The number of rotatable bonds is 0. The number of urea groups is 1. The second-order valence-corrected chi connectivity index (χ2v) is 2.99. The number of amides is 2. The monoisotopic (exact) mass is 157 g/mol. The molecule has 1 saturated heterocycles. The Balaban J connectivity index is 2.45. The highest BCUT2D eigenvalue weighted by Gasteiger charge is 2.15. The third-order valence-corrected chi connectivity index (χ3v) is 1.90. The number of carbonyl (C=O) groups excluding carboxylic acids is 1. The zero-order chi connectivity index (χ0) is 8.27. The SMILES string of the molecule is CC1CN(C(N)=O)CCCN1. The summed E-state index contributed by atoms with van der Waals surface area (Å²) in [6, 6.07) is 0.0607. The van der Waals surface area contributed by atoms with Crippen molar-refractivity contribution in [2.24, 2.45) is 5.73 Å². The Labute approximate surface area is 66.7 Å². The lowest BCUT2D eigenvalue weighted by atomic mass is 10.3. The van der Waals surface area contributed by atoms with Crippen LogP contribution >= 0.6 is 0 Å². The fourth-order valence-corrected chi connectivity index (χ4v) is 1.30. The predicted octanol–water partition coefficient (Wildman–Crippen LogP) is -0.251. The van der Waals surface area contributed by atoms with Gasteiger partial charge in [0.1, 0.15) is 0 Å². The van der Waals surface area contributed by atoms with Gasteiger partial charge in [-0.25, -0.2) is 4.79 Å². The van der Waals surface area contributed by atoms with Gasteiger partial charge in [-0.3, -0.25) is 0 Å². The molecule has 0 aromatic rings. The molecule has 4 nitrogen and oxygen atoms in total. The Kier molecular flexibility index (Phi) is 2.70. The first-order valence-corrected chi connectivity index (χ1v) is 3.98. The van der Waals surface area contributed by atoms with Gasteiger partial charge in [-0.2, -0.15) is 0 Å². The molecule has 0 saturated carbocycles. The molecule has 11 heavy (non-hydrogen) atoms. The van der Waals surface area contributed by atoms with E-state index in [9.17, 15) is 4.79 Å². The van der Waals surface area contributed by atoms with Crippen LogP contribution in [0.25, 0.3) is 0 Å². The van der Waals surface area contributed by atoms with Gasteiger partial charge in [0.25, 0.3) is 0 Å². The summed E-state index contributed by atoms with van der Waals surface area (Å²) in [6.45, 7) is 4.55. The van der Waals surface area contributed by atoms with E-state index >= 15 is 0 Å². The Hall–Kier alpha value is -0.770. The molecule has 1 aliphatic rings. The lowest BCUT2D eigenvalue weighted by Crippen LogP contribution is -2.41. The van der Waals surface area contributed by atoms with Crippen molar-refractivity contribution in [2.45, 2.75) is 19.4 Å². The molecule has 1 fully saturated rings. The largest absolute Gasteiger partial charge is 0.351 e. The first-order valence-electron chi connectivity index (χ1n) is 3.98. The summed E-state index contributed by atoms with van der Waals surface area (Å²) in [5.41, 5.74) is 5.16. The van der Waals surface area contributed by atoms with Crippen molar-refractivity contribution >= 4 is 6.03 Å². The summed E-state index contributed by atoms with van der Waals surface area (Å²) in [5, 5.41) is 3.28. The Morgan fingerprint density at radius 3 is 3.09 bits per heavy atom. The Morgan fingerprint density at radius 2 is 2.45 bits per heavy atom. The average Bonchev–Trinajstić information content (AvgIpc) is 2.13. The smallest absolute Gasteiger partial charge is 0.314 e. The fraction of sp³-hybridized carbons (Fsp3) is 0.857. The van der Waals surface area contributed by atoms with Crippen LogP contribution in [-0.2, 0) is 0 Å². The standard InChI is InChI=1S/C7H15N3O/c1-6-5-10(7(8)11)4-2-3-9-6/h6,9H,2-5H2,1H3,(H2,8,11). The van der Waals surface area contributed by atoms with Crippen LogP contribution in [0.3, 0.4) is 0 Å². The van der Waals surface area contributed by atoms with E-state index in [1.165, 1.54) is 0 Å². The molecule has 1 unspecified atom stereocenters. The van der Waals surface area contributed by atoms with E-state index in [2.05, 4.69) is 12.2 Å². The van der Waals surface area contributed by atoms with Crippen LogP contribution in [0.2, 0.25) is 0 Å². The second kappa shape index (κ2) is 3.57. The summed E-state index contributed by atoms with van der Waals surface area (Å²) in [5.74, 6) is 0. The Bertz CT molecular complexity index is 149. The quantitative estimate of drug-likeness (QED) is 0.509. The third-order valence-electron chi connectivity index (χ3n) is 1.90. The molecule has 1 aliphatic heterocycles. The number of nitrogens with two attached hydrogens (primary N) is 1. The number of primary amides is 1. The van der Waals surface area contributed by atoms with Crippen molar-refractivity contribution in [3.05, 3.63) is 0 Å². The van der Waals surface area contributed by atoms with Crippen LogP contribution < -0.4 is 11.1 Å². The number of carbonyl (C=O) groups is 1. The van der Waals surface area contributed by atoms with Gasteiger partial charge >= 0.3 is 6.03 Å². The first kappa shape index (κ1) is 8.33. The maximum Gasteiger partial charge on any atom is 0.314 e. The van der Waals surface area contributed by atoms with Crippen molar-refractivity contribution in [3.63, 3.8) is 0 Å². The van der Waals surface area contributed by atoms with Crippen LogP contribution in [0.1, 0.15) is 13.3 Å². The van der Waals surface area contributed by atoms with E-state index in [4.69, 9.17) is 5.73 Å². The molecule has 1 rings (SSSR count). The van der Waals surface area contributed by atoms with Crippen LogP contribution in [0, 0.1) is 0 Å². The molecular formula is C7H15N3O. The van der Waals surface area contributed by atoms with Gasteiger partial charge in [-0.1, -0.05) is 0 Å². The lowest BCUT2D eigenvalue weighted by molar-refractivity contribution is 0.207. The second-order valence-electron chi connectivity index (χ2n) is 2.99. The first-order chi connectivity index (χ1) is 5.20. The predicted molar refractivity (Wildman–Crippen MR) is 43.2 cm³/mol. The van der Waals surface area contributed by atoms with Crippen molar-refractivity contribution < 1.29 is 4.79 Å². The van der Waals surface area contributed by atoms with E-state index in [0.717, 1.165) is 26.1 Å². The molecule has 4 heteroatoms. The van der Waals surface area contributed by atoms with E-state index in [1.54, 1.807) is 4.90 Å². The number of nitrogens with one attached hydrogen (secondary N) is 1. The average molecular weight is 157 g/mol. The van der Waals surface area contributed by atoms with Crippen molar-refractivity contribution in [3.8, 4) is 0 Å². The van der Waals surface area contributed by atoms with Crippen LogP contribution in [-0.4, -0.2) is 36.6 Å². The summed E-state index contributed by atoms with van der Waals surface area (Å²) < 4.78 is 0. The minimum absolute atomic E-state index is 0.305. The topological polar surface area (TPSA) is 58.4 Å².